The molecule has 0 aliphatic carbocycles. The van der Waals surface area contributed by atoms with Crippen molar-refractivity contribution in [3.63, 3.8) is 0 Å². The Kier molecular flexibility index (Phi) is 11.6. The van der Waals surface area contributed by atoms with Crippen molar-refractivity contribution in [3.05, 3.63) is 48.0 Å². The van der Waals surface area contributed by atoms with Crippen LogP contribution in [0.2, 0.25) is 0 Å². The van der Waals surface area contributed by atoms with Crippen LogP contribution in [0.25, 0.3) is 10.8 Å². The van der Waals surface area contributed by atoms with Crippen LogP contribution < -0.4 is 16.0 Å². The Hall–Kier alpha value is -2.93. The molecule has 208 valence electrons. The molecule has 0 bridgehead atoms. The van der Waals surface area contributed by atoms with Crippen LogP contribution in [-0.2, 0) is 20.8 Å². The van der Waals surface area contributed by atoms with E-state index in [9.17, 15) is 14.4 Å². The zero-order chi connectivity index (χ0) is 27.5. The largest absolute Gasteiger partial charge is 0.354 e. The molecule has 2 aromatic carbocycles. The number of rotatable bonds is 14. The van der Waals surface area contributed by atoms with Gasteiger partial charge in [0, 0.05) is 25.4 Å². The third kappa shape index (κ3) is 8.29. The molecule has 3 rings (SSSR count). The van der Waals surface area contributed by atoms with Gasteiger partial charge in [0.15, 0.2) is 0 Å². The van der Waals surface area contributed by atoms with Gasteiger partial charge >= 0.3 is 0 Å². The smallest absolute Gasteiger partial charge is 0.243 e. The highest BCUT2D eigenvalue weighted by Gasteiger charge is 2.37. The predicted molar refractivity (Wildman–Crippen MR) is 154 cm³/mol. The Labute approximate surface area is 228 Å². The number of fused-ring (bicyclic) bond motifs is 1. The summed E-state index contributed by atoms with van der Waals surface area (Å²) in [5, 5.41) is 11.7. The summed E-state index contributed by atoms with van der Waals surface area (Å²) in [6.07, 6.45) is 4.16. The zero-order valence-electron chi connectivity index (χ0n) is 23.6. The lowest BCUT2D eigenvalue weighted by molar-refractivity contribution is -0.142. The van der Waals surface area contributed by atoms with Gasteiger partial charge < -0.3 is 20.9 Å². The summed E-state index contributed by atoms with van der Waals surface area (Å²) in [4.78, 5) is 41.6. The van der Waals surface area contributed by atoms with Crippen LogP contribution in [0.5, 0.6) is 0 Å². The third-order valence-electron chi connectivity index (χ3n) is 7.44. The van der Waals surface area contributed by atoms with Gasteiger partial charge in [0.2, 0.25) is 17.7 Å². The second-order valence-electron chi connectivity index (χ2n) is 10.9. The molecule has 7 heteroatoms. The van der Waals surface area contributed by atoms with E-state index in [1.165, 1.54) is 0 Å². The van der Waals surface area contributed by atoms with Gasteiger partial charge in [-0.3, -0.25) is 14.4 Å². The Balaban J connectivity index is 1.69. The average molecular weight is 523 g/mol. The molecule has 0 radical (unpaired) electrons. The van der Waals surface area contributed by atoms with Gasteiger partial charge in [0.1, 0.15) is 12.1 Å². The first kappa shape index (κ1) is 29.6. The van der Waals surface area contributed by atoms with Crippen molar-refractivity contribution in [2.24, 2.45) is 11.8 Å². The molecule has 1 fully saturated rings. The first-order valence-corrected chi connectivity index (χ1v) is 14.4. The van der Waals surface area contributed by atoms with E-state index >= 15 is 0 Å². The minimum atomic E-state index is -0.710. The number of hydrogen-bond acceptors (Lipinski definition) is 4. The highest BCUT2D eigenvalue weighted by Crippen LogP contribution is 2.23. The van der Waals surface area contributed by atoms with Crippen molar-refractivity contribution >= 4 is 28.5 Å². The van der Waals surface area contributed by atoms with E-state index in [0.29, 0.717) is 31.8 Å². The molecule has 1 aliphatic heterocycles. The van der Waals surface area contributed by atoms with Crippen molar-refractivity contribution < 1.29 is 14.4 Å². The Morgan fingerprint density at radius 3 is 2.45 bits per heavy atom. The van der Waals surface area contributed by atoms with E-state index in [2.05, 4.69) is 54.1 Å². The van der Waals surface area contributed by atoms with Gasteiger partial charge in [0.05, 0.1) is 0 Å². The van der Waals surface area contributed by atoms with Gasteiger partial charge in [-0.15, -0.1) is 0 Å². The fraction of sp³-hybridized carbons (Fsp3) is 0.581. The lowest BCUT2D eigenvalue weighted by Crippen LogP contribution is -2.54. The van der Waals surface area contributed by atoms with Gasteiger partial charge in [-0.25, -0.2) is 0 Å². The minimum Gasteiger partial charge on any atom is -0.354 e. The number of nitrogens with one attached hydrogen (secondary N) is 3. The number of carbonyl (C=O) groups excluding carboxylic acids is 3. The summed E-state index contributed by atoms with van der Waals surface area (Å²) in [5.41, 5.74) is 0.985. The summed E-state index contributed by atoms with van der Waals surface area (Å²) >= 11 is 0. The first-order valence-electron chi connectivity index (χ1n) is 14.4. The Morgan fingerprint density at radius 1 is 1.00 bits per heavy atom. The molecule has 2 aromatic rings. The molecule has 1 saturated heterocycles. The van der Waals surface area contributed by atoms with E-state index in [1.807, 2.05) is 32.0 Å². The molecule has 0 aromatic heterocycles. The molecule has 1 heterocycles. The van der Waals surface area contributed by atoms with E-state index in [1.54, 1.807) is 4.90 Å². The molecular formula is C31H46N4O3. The van der Waals surface area contributed by atoms with Crippen molar-refractivity contribution in [1.29, 1.82) is 0 Å². The third-order valence-corrected chi connectivity index (χ3v) is 7.44. The predicted octanol–water partition coefficient (Wildman–Crippen LogP) is 4.05. The molecule has 1 unspecified atom stereocenters. The van der Waals surface area contributed by atoms with Crippen molar-refractivity contribution in [3.8, 4) is 0 Å². The molecule has 3 amide bonds. The quantitative estimate of drug-likeness (QED) is 0.327. The fourth-order valence-electron chi connectivity index (χ4n) is 5.19. The summed E-state index contributed by atoms with van der Waals surface area (Å²) in [6.45, 7) is 11.3. The fourth-order valence-corrected chi connectivity index (χ4v) is 5.19. The lowest BCUT2D eigenvalue weighted by Gasteiger charge is -2.29. The Morgan fingerprint density at radius 2 is 1.74 bits per heavy atom. The van der Waals surface area contributed by atoms with Gasteiger partial charge in [-0.1, -0.05) is 70.2 Å². The summed E-state index contributed by atoms with van der Waals surface area (Å²) in [6, 6.07) is 13.0. The molecule has 2 atom stereocenters. The van der Waals surface area contributed by atoms with Crippen LogP contribution in [0.4, 0.5) is 0 Å². The Bertz CT molecular complexity index is 1070. The second-order valence-corrected chi connectivity index (χ2v) is 10.9. The first-order chi connectivity index (χ1) is 18.3. The molecule has 1 aliphatic rings. The van der Waals surface area contributed by atoms with Crippen LogP contribution in [0.15, 0.2) is 42.5 Å². The number of amides is 3. The van der Waals surface area contributed by atoms with Gasteiger partial charge in [0.25, 0.3) is 0 Å². The van der Waals surface area contributed by atoms with Crippen LogP contribution in [-0.4, -0.2) is 60.9 Å². The summed E-state index contributed by atoms with van der Waals surface area (Å²) < 4.78 is 0. The lowest BCUT2D eigenvalue weighted by atomic mass is 10.00. The monoisotopic (exact) mass is 522 g/mol. The number of hydrogen-bond donors (Lipinski definition) is 3. The molecule has 38 heavy (non-hydrogen) atoms. The minimum absolute atomic E-state index is 0.0529. The zero-order valence-corrected chi connectivity index (χ0v) is 23.6. The standard InChI is InChI=1S/C31H46N4O3/c1-5-24(6-2)31(38)35-18-9-13-28(35)30(37)34-27(29(36)33-17-10-16-32-21-22(3)4)20-23-14-15-25-11-7-8-12-26(25)19-23/h7-8,11-12,14-15,19,22,24,27-28,32H,5-6,9-10,13,16-18,20-21H2,1-4H3,(H,33,36)(H,34,37)/t27-,28?/m1/s1. The second kappa shape index (κ2) is 14.9. The maximum Gasteiger partial charge on any atom is 0.243 e. The summed E-state index contributed by atoms with van der Waals surface area (Å²) in [7, 11) is 0. The highest BCUT2D eigenvalue weighted by molar-refractivity contribution is 5.93. The molecule has 7 nitrogen and oxygen atoms in total. The van der Waals surface area contributed by atoms with Crippen molar-refractivity contribution in [2.45, 2.75) is 78.3 Å². The topological polar surface area (TPSA) is 90.5 Å². The van der Waals surface area contributed by atoms with E-state index < -0.39 is 12.1 Å². The van der Waals surface area contributed by atoms with Crippen molar-refractivity contribution in [1.82, 2.24) is 20.9 Å². The van der Waals surface area contributed by atoms with Gasteiger partial charge in [-0.2, -0.15) is 0 Å². The molecule has 0 saturated carbocycles. The van der Waals surface area contributed by atoms with Crippen molar-refractivity contribution in [2.75, 3.05) is 26.2 Å². The summed E-state index contributed by atoms with van der Waals surface area (Å²) in [5.74, 6) is 0.146. The maximum atomic E-state index is 13.5. The SMILES string of the molecule is CCC(CC)C(=O)N1CCCC1C(=O)N[C@H](Cc1ccc2ccccc2c1)C(=O)NCCCNCC(C)C. The van der Waals surface area contributed by atoms with Crippen LogP contribution in [0, 0.1) is 11.8 Å². The maximum absolute atomic E-state index is 13.5. The van der Waals surface area contributed by atoms with Crippen LogP contribution >= 0.6 is 0 Å². The van der Waals surface area contributed by atoms with E-state index in [0.717, 1.165) is 55.1 Å². The number of carbonyl (C=O) groups is 3. The van der Waals surface area contributed by atoms with E-state index in [4.69, 9.17) is 0 Å². The molecule has 0 spiro atoms. The van der Waals surface area contributed by atoms with Crippen LogP contribution in [0.3, 0.4) is 0 Å². The van der Waals surface area contributed by atoms with Crippen LogP contribution in [0.1, 0.15) is 65.4 Å². The average Bonchev–Trinajstić information content (AvgIpc) is 3.41. The van der Waals surface area contributed by atoms with E-state index in [-0.39, 0.29) is 23.6 Å². The highest BCUT2D eigenvalue weighted by atomic mass is 16.2. The number of nitrogens with zero attached hydrogens (tertiary/aromatic N) is 1. The molecule has 3 N–H and O–H groups in total. The number of likely N-dealkylation sites (tertiary alicyclic amines) is 1. The normalized spacial score (nSPS) is 16.3. The molecular weight excluding hydrogens is 476 g/mol. The number of benzene rings is 2. The van der Waals surface area contributed by atoms with Gasteiger partial charge in [-0.05, 0) is 67.4 Å².